The van der Waals surface area contributed by atoms with Crippen LogP contribution in [0.25, 0.3) is 0 Å². The lowest BCUT2D eigenvalue weighted by atomic mass is 10.3. The Morgan fingerprint density at radius 2 is 1.94 bits per heavy atom. The number of hydrogen-bond donors (Lipinski definition) is 0. The maximum absolute atomic E-state index is 11.9. The SMILES string of the molecule is Cc1nn(C)c(CN2C(=O)C3CC3C2=O)c1Br. The molecule has 2 fully saturated rings. The summed E-state index contributed by atoms with van der Waals surface area (Å²) in [4.78, 5) is 25.1. The van der Waals surface area contributed by atoms with Gasteiger partial charge in [-0.3, -0.25) is 19.2 Å². The Morgan fingerprint density at radius 3 is 2.41 bits per heavy atom. The maximum atomic E-state index is 11.9. The molecule has 1 aliphatic carbocycles. The van der Waals surface area contributed by atoms with Gasteiger partial charge in [0.25, 0.3) is 0 Å². The molecular weight excluding hydrogens is 286 g/mol. The van der Waals surface area contributed by atoms with Gasteiger partial charge in [-0.1, -0.05) is 0 Å². The first kappa shape index (κ1) is 11.0. The van der Waals surface area contributed by atoms with E-state index in [0.29, 0.717) is 6.54 Å². The third kappa shape index (κ3) is 1.46. The molecule has 1 saturated heterocycles. The number of carbonyl (C=O) groups excluding carboxylic acids is 2. The topological polar surface area (TPSA) is 55.2 Å². The van der Waals surface area contributed by atoms with Gasteiger partial charge in [-0.15, -0.1) is 0 Å². The van der Waals surface area contributed by atoms with Crippen LogP contribution in [0.2, 0.25) is 0 Å². The van der Waals surface area contributed by atoms with Crippen molar-refractivity contribution in [3.63, 3.8) is 0 Å². The van der Waals surface area contributed by atoms with Crippen molar-refractivity contribution in [1.82, 2.24) is 14.7 Å². The van der Waals surface area contributed by atoms with E-state index in [4.69, 9.17) is 0 Å². The van der Waals surface area contributed by atoms with E-state index in [2.05, 4.69) is 21.0 Å². The number of carbonyl (C=O) groups is 2. The molecule has 5 nitrogen and oxygen atoms in total. The van der Waals surface area contributed by atoms with Crippen LogP contribution in [0, 0.1) is 18.8 Å². The minimum absolute atomic E-state index is 0.0225. The second kappa shape index (κ2) is 3.41. The van der Waals surface area contributed by atoms with Gasteiger partial charge in [0.05, 0.1) is 34.2 Å². The lowest BCUT2D eigenvalue weighted by molar-refractivity contribution is -0.142. The van der Waals surface area contributed by atoms with Crippen LogP contribution >= 0.6 is 15.9 Å². The van der Waals surface area contributed by atoms with Crippen LogP contribution < -0.4 is 0 Å². The molecule has 0 spiro atoms. The monoisotopic (exact) mass is 297 g/mol. The highest BCUT2D eigenvalue weighted by Gasteiger charge is 2.58. The minimum Gasteiger partial charge on any atom is -0.276 e. The number of rotatable bonds is 2. The van der Waals surface area contributed by atoms with E-state index in [9.17, 15) is 9.59 Å². The lowest BCUT2D eigenvalue weighted by Crippen LogP contribution is -2.33. The molecule has 1 aliphatic heterocycles. The smallest absolute Gasteiger partial charge is 0.233 e. The molecule has 0 radical (unpaired) electrons. The second-order valence-electron chi connectivity index (χ2n) is 4.68. The van der Waals surface area contributed by atoms with Crippen LogP contribution in [0.15, 0.2) is 4.47 Å². The van der Waals surface area contributed by atoms with Gasteiger partial charge in [0.1, 0.15) is 0 Å². The van der Waals surface area contributed by atoms with Crippen molar-refractivity contribution in [2.45, 2.75) is 19.9 Å². The fourth-order valence-corrected chi connectivity index (χ4v) is 2.87. The van der Waals surface area contributed by atoms with Crippen molar-refractivity contribution in [1.29, 1.82) is 0 Å². The summed E-state index contributed by atoms with van der Waals surface area (Å²) in [5, 5.41) is 4.25. The molecular formula is C11H12BrN3O2. The Balaban J connectivity index is 1.88. The van der Waals surface area contributed by atoms with Crippen molar-refractivity contribution < 1.29 is 9.59 Å². The van der Waals surface area contributed by atoms with Gasteiger partial charge in [0.15, 0.2) is 0 Å². The molecule has 2 heterocycles. The van der Waals surface area contributed by atoms with E-state index in [1.165, 1.54) is 4.90 Å². The Hall–Kier alpha value is -1.17. The zero-order chi connectivity index (χ0) is 12.3. The molecule has 1 saturated carbocycles. The van der Waals surface area contributed by atoms with Gasteiger partial charge in [0.2, 0.25) is 11.8 Å². The Bertz CT molecular complexity index is 517. The Labute approximate surface area is 107 Å². The highest BCUT2D eigenvalue weighted by Crippen LogP contribution is 2.47. The normalized spacial score (nSPS) is 26.6. The summed E-state index contributed by atoms with van der Waals surface area (Å²) in [6.07, 6.45) is 0.750. The molecule has 3 rings (SSSR count). The zero-order valence-electron chi connectivity index (χ0n) is 9.61. The Kier molecular flexibility index (Phi) is 2.20. The molecule has 17 heavy (non-hydrogen) atoms. The number of hydrogen-bond acceptors (Lipinski definition) is 3. The number of fused-ring (bicyclic) bond motifs is 1. The first-order valence-corrected chi connectivity index (χ1v) is 6.33. The molecule has 2 unspecified atom stereocenters. The summed E-state index contributed by atoms with van der Waals surface area (Å²) in [5.74, 6) is -0.109. The third-order valence-electron chi connectivity index (χ3n) is 3.53. The zero-order valence-corrected chi connectivity index (χ0v) is 11.2. The van der Waals surface area contributed by atoms with E-state index in [0.717, 1.165) is 22.3 Å². The van der Waals surface area contributed by atoms with E-state index >= 15 is 0 Å². The summed E-state index contributed by atoms with van der Waals surface area (Å²) in [6, 6.07) is 0. The van der Waals surface area contributed by atoms with Crippen LogP contribution in [0.1, 0.15) is 17.8 Å². The van der Waals surface area contributed by atoms with Gasteiger partial charge in [-0.05, 0) is 29.3 Å². The van der Waals surface area contributed by atoms with Crippen molar-refractivity contribution in [3.8, 4) is 0 Å². The van der Waals surface area contributed by atoms with Crippen molar-refractivity contribution in [3.05, 3.63) is 15.9 Å². The van der Waals surface area contributed by atoms with Crippen molar-refractivity contribution >= 4 is 27.7 Å². The van der Waals surface area contributed by atoms with Gasteiger partial charge in [-0.25, -0.2) is 0 Å². The van der Waals surface area contributed by atoms with Gasteiger partial charge >= 0.3 is 0 Å². The van der Waals surface area contributed by atoms with Gasteiger partial charge < -0.3 is 0 Å². The quantitative estimate of drug-likeness (QED) is 0.765. The van der Waals surface area contributed by atoms with Crippen molar-refractivity contribution in [2.75, 3.05) is 0 Å². The van der Waals surface area contributed by atoms with Crippen LogP contribution in [-0.2, 0) is 23.2 Å². The summed E-state index contributed by atoms with van der Waals surface area (Å²) >= 11 is 3.44. The second-order valence-corrected chi connectivity index (χ2v) is 5.47. The maximum Gasteiger partial charge on any atom is 0.233 e. The van der Waals surface area contributed by atoms with Crippen LogP contribution in [-0.4, -0.2) is 26.5 Å². The number of imide groups is 1. The van der Waals surface area contributed by atoms with E-state index in [1.54, 1.807) is 4.68 Å². The molecule has 0 aromatic carbocycles. The van der Waals surface area contributed by atoms with Crippen molar-refractivity contribution in [2.24, 2.45) is 18.9 Å². The first-order valence-electron chi connectivity index (χ1n) is 5.54. The third-order valence-corrected chi connectivity index (χ3v) is 4.56. The summed E-state index contributed by atoms with van der Waals surface area (Å²) in [7, 11) is 1.82. The number of piperidine rings is 1. The fraction of sp³-hybridized carbons (Fsp3) is 0.545. The molecule has 1 aromatic rings. The lowest BCUT2D eigenvalue weighted by Gasteiger charge is -2.16. The van der Waals surface area contributed by atoms with Crippen LogP contribution in [0.4, 0.5) is 0 Å². The highest BCUT2D eigenvalue weighted by molar-refractivity contribution is 9.10. The average molecular weight is 298 g/mol. The van der Waals surface area contributed by atoms with Crippen LogP contribution in [0.3, 0.4) is 0 Å². The van der Waals surface area contributed by atoms with E-state index in [1.807, 2.05) is 14.0 Å². The van der Waals surface area contributed by atoms with E-state index in [-0.39, 0.29) is 23.7 Å². The molecule has 0 N–H and O–H groups in total. The number of halogens is 1. The fourth-order valence-electron chi connectivity index (χ4n) is 2.41. The molecule has 2 amide bonds. The summed E-state index contributed by atoms with van der Waals surface area (Å²) in [5.41, 5.74) is 1.73. The predicted octanol–water partition coefficient (Wildman–Crippen LogP) is 0.996. The average Bonchev–Trinajstić information content (AvgIpc) is 2.98. The number of likely N-dealkylation sites (tertiary alicyclic amines) is 1. The predicted molar refractivity (Wildman–Crippen MR) is 62.8 cm³/mol. The molecule has 2 aliphatic rings. The number of aromatic nitrogens is 2. The number of nitrogens with zero attached hydrogens (tertiary/aromatic N) is 3. The summed E-state index contributed by atoms with van der Waals surface area (Å²) < 4.78 is 2.59. The van der Waals surface area contributed by atoms with Gasteiger partial charge in [0, 0.05) is 7.05 Å². The molecule has 0 bridgehead atoms. The number of amides is 2. The van der Waals surface area contributed by atoms with Crippen LogP contribution in [0.5, 0.6) is 0 Å². The summed E-state index contributed by atoms with van der Waals surface area (Å²) in [6.45, 7) is 2.21. The largest absolute Gasteiger partial charge is 0.276 e. The highest BCUT2D eigenvalue weighted by atomic mass is 79.9. The molecule has 6 heteroatoms. The molecule has 90 valence electrons. The molecule has 1 aromatic heterocycles. The number of aryl methyl sites for hydroxylation is 2. The Morgan fingerprint density at radius 1 is 1.35 bits per heavy atom. The first-order chi connectivity index (χ1) is 8.00. The standard InChI is InChI=1S/C11H12BrN3O2/c1-5-9(12)8(14(2)13-5)4-15-10(16)6-3-7(6)11(15)17/h6-7H,3-4H2,1-2H3. The van der Waals surface area contributed by atoms with Gasteiger partial charge in [-0.2, -0.15) is 5.10 Å². The molecule has 2 atom stereocenters. The van der Waals surface area contributed by atoms with E-state index < -0.39 is 0 Å². The minimum atomic E-state index is -0.0319.